The van der Waals surface area contributed by atoms with Gasteiger partial charge in [0.25, 0.3) is 5.97 Å². The topological polar surface area (TPSA) is 196 Å². The summed E-state index contributed by atoms with van der Waals surface area (Å²) < 4.78 is 1.85. The molecule has 0 spiro atoms. The highest BCUT2D eigenvalue weighted by Gasteiger charge is 2.00. The Labute approximate surface area is 354 Å². The molecule has 12 heteroatoms. The van der Waals surface area contributed by atoms with E-state index in [1.807, 2.05) is 124 Å². The Morgan fingerprint density at radius 3 is 1.15 bits per heavy atom. The predicted molar refractivity (Wildman–Crippen MR) is 241 cm³/mol. The Morgan fingerprint density at radius 1 is 0.644 bits per heavy atom. The maximum Gasteiger partial charge on any atom is 0.300 e. The fourth-order valence-electron chi connectivity index (χ4n) is 3.03. The minimum Gasteiger partial charge on any atom is -0.481 e. The number of allylic oxidation sites excluding steroid dienone is 2. The first kappa shape index (κ1) is 64.5. The lowest BCUT2D eigenvalue weighted by Crippen LogP contribution is -2.35. The van der Waals surface area contributed by atoms with Crippen molar-refractivity contribution in [1.82, 2.24) is 26.1 Å². The van der Waals surface area contributed by atoms with Crippen molar-refractivity contribution in [3.05, 3.63) is 170 Å². The number of aromatic nitrogens is 5. The summed E-state index contributed by atoms with van der Waals surface area (Å²) in [5.41, 5.74) is 5.74. The van der Waals surface area contributed by atoms with E-state index < -0.39 is 5.97 Å². The number of nitrogens with zero attached hydrogens (tertiary/aromatic N) is 5. The van der Waals surface area contributed by atoms with Crippen molar-refractivity contribution in [2.24, 2.45) is 0 Å². The van der Waals surface area contributed by atoms with Crippen LogP contribution in [0.4, 0.5) is 0 Å². The number of aliphatic carboxylic acids is 1. The summed E-state index contributed by atoms with van der Waals surface area (Å²) >= 11 is 0. The van der Waals surface area contributed by atoms with Crippen LogP contribution in [0, 0.1) is 35.1 Å². The molecule has 0 unspecified atom stereocenters. The van der Waals surface area contributed by atoms with Gasteiger partial charge >= 0.3 is 0 Å². The Hall–Kier alpha value is -6.40. The maximum absolute atomic E-state index is 10.6. The quantitative estimate of drug-likeness (QED) is 0.0759. The second-order valence-corrected chi connectivity index (χ2v) is 11.5. The third-order valence-corrected chi connectivity index (χ3v) is 6.27. The Kier molecular flexibility index (Phi) is 52.2. The zero-order valence-electron chi connectivity index (χ0n) is 37.6. The number of carbonyl (C=O) groups is 5. The van der Waals surface area contributed by atoms with Crippen molar-refractivity contribution >= 4 is 29.6 Å². The van der Waals surface area contributed by atoms with Crippen LogP contribution in [0.5, 0.6) is 0 Å². The van der Waals surface area contributed by atoms with E-state index in [0.29, 0.717) is 13.0 Å². The van der Waals surface area contributed by atoms with Gasteiger partial charge in [0.15, 0.2) is 24.0 Å². The maximum atomic E-state index is 10.6. The van der Waals surface area contributed by atoms with Crippen molar-refractivity contribution < 1.29 is 33.6 Å². The molecule has 0 atom stereocenters. The average molecular weight is 815 g/mol. The van der Waals surface area contributed by atoms with Crippen LogP contribution >= 0.6 is 0 Å². The zero-order valence-corrected chi connectivity index (χ0v) is 37.6. The van der Waals surface area contributed by atoms with E-state index in [-0.39, 0.29) is 30.9 Å². The van der Waals surface area contributed by atoms with Crippen LogP contribution in [0.1, 0.15) is 84.3 Å². The van der Waals surface area contributed by atoms with Crippen LogP contribution < -0.4 is 10.7 Å². The number of Topliss-reactive ketones (excluding diaryl/α,β-unsaturated/α-hetero) is 3. The van der Waals surface area contributed by atoms with Gasteiger partial charge in [-0.2, -0.15) is 4.57 Å². The van der Waals surface area contributed by atoms with Gasteiger partial charge in [0.1, 0.15) is 12.1 Å². The summed E-state index contributed by atoms with van der Waals surface area (Å²) in [6.07, 6.45) is 17.5. The van der Waals surface area contributed by atoms with E-state index in [9.17, 15) is 14.4 Å². The molecule has 0 saturated heterocycles. The van der Waals surface area contributed by atoms with Gasteiger partial charge in [0, 0.05) is 81.0 Å². The highest BCUT2D eigenvalue weighted by Crippen LogP contribution is 2.10. The summed E-state index contributed by atoms with van der Waals surface area (Å²) in [5.74, 6) is -0.247. The molecule has 5 rings (SSSR count). The van der Waals surface area contributed by atoms with Crippen molar-refractivity contribution in [2.75, 3.05) is 0 Å². The van der Waals surface area contributed by atoms with Gasteiger partial charge in [-0.25, -0.2) is 0 Å². The number of pyridine rings is 5. The lowest BCUT2D eigenvalue weighted by atomic mass is 10.1. The third-order valence-electron chi connectivity index (χ3n) is 6.27. The first-order valence-corrected chi connectivity index (χ1v) is 18.1. The summed E-state index contributed by atoms with van der Waals surface area (Å²) in [5, 5.41) is 7.42. The number of carboxylic acid groups (broad SMARTS) is 1. The number of aryl methyl sites for hydroxylation is 3. The number of rotatable bonds is 4. The highest BCUT2D eigenvalue weighted by atomic mass is 16.4. The molecule has 0 aromatic carbocycles. The Bertz CT molecular complexity index is 1560. The number of ketones is 3. The number of carboxylic acids is 1. The minimum atomic E-state index is -0.833. The Balaban J connectivity index is -0.000000136. The molecule has 5 heterocycles. The highest BCUT2D eigenvalue weighted by molar-refractivity contribution is 5.92. The molecule has 5 aromatic rings. The number of aldehydes is 1. The molecule has 0 aliphatic heterocycles. The Morgan fingerprint density at radius 2 is 0.966 bits per heavy atom. The van der Waals surface area contributed by atoms with Gasteiger partial charge in [0.05, 0.1) is 0 Å². The molecule has 0 aliphatic carbocycles. The van der Waals surface area contributed by atoms with Crippen LogP contribution in [0.2, 0.25) is 0 Å². The zero-order chi connectivity index (χ0) is 44.3. The van der Waals surface area contributed by atoms with Crippen molar-refractivity contribution in [1.29, 1.82) is 0 Å². The smallest absolute Gasteiger partial charge is 0.300 e. The van der Waals surface area contributed by atoms with Gasteiger partial charge in [-0.05, 0) is 121 Å². The van der Waals surface area contributed by atoms with Crippen LogP contribution in [-0.4, -0.2) is 54.6 Å². The molecule has 0 radical (unpaired) electrons. The van der Waals surface area contributed by atoms with E-state index in [4.69, 9.17) is 14.7 Å². The first-order valence-electron chi connectivity index (χ1n) is 18.1. The van der Waals surface area contributed by atoms with Crippen LogP contribution in [-0.2, 0) is 30.5 Å². The normalized spacial score (nSPS) is 8.37. The largest absolute Gasteiger partial charge is 0.481 e. The molecule has 0 bridgehead atoms. The summed E-state index contributed by atoms with van der Waals surface area (Å²) in [7, 11) is 0. The van der Waals surface area contributed by atoms with Gasteiger partial charge in [-0.3, -0.25) is 34.3 Å². The summed E-state index contributed by atoms with van der Waals surface area (Å²) in [6, 6.07) is 25.0. The summed E-state index contributed by atoms with van der Waals surface area (Å²) in [4.78, 5) is 64.2. The third kappa shape index (κ3) is 56.0. The van der Waals surface area contributed by atoms with E-state index >= 15 is 0 Å². The lowest BCUT2D eigenvalue weighted by Gasteiger charge is -2.03. The van der Waals surface area contributed by atoms with E-state index in [1.165, 1.54) is 18.1 Å². The number of hydrogen-bond donors (Lipinski definition) is 2. The standard InChI is InChI=1S/C9H13N.C8H10NO.C6H10O.3C5H5N.C4H8O.C2H4O2.C2H4O.CH3.H3N/c1-6-5-7(2)10-9(4)8(6)3;1-8(10)7-9-5-3-2-4-6-9;1-4-5(2)6(3)7;3*1-2-4-6-5-3-1;1-3-4(2)5;1-2(3)4;1-2-3;;/h5H,1-4H3;2-6H,7H2,1H3;4H,1-3H3;3*1-5H;3H2,1-2H3;1H3,(H,3,4);2H,1H3;2*1H3/q;+1;;;;;;;;-1;/b;;5-4+;;;;;;;;. The number of carbonyl (C=O) groups excluding carboxylic acids is 4. The molecule has 0 aliphatic rings. The van der Waals surface area contributed by atoms with Gasteiger partial charge in [-0.15, -0.1) is 0 Å². The fraction of sp³-hybridized carbons (Fsp3) is 0.298. The van der Waals surface area contributed by atoms with E-state index in [1.54, 1.807) is 58.0 Å². The minimum absolute atomic E-state index is 0. The van der Waals surface area contributed by atoms with Crippen LogP contribution in [0.15, 0.2) is 140 Å². The molecular weight excluding hydrogens is 745 g/mol. The predicted octanol–water partition coefficient (Wildman–Crippen LogP) is 9.56. The van der Waals surface area contributed by atoms with Crippen LogP contribution in [0.25, 0.3) is 0 Å². The molecule has 0 saturated carbocycles. The number of hydrogen-bond acceptors (Lipinski definition) is 10. The molecule has 0 amide bonds. The second kappa shape index (κ2) is 47.8. The lowest BCUT2D eigenvalue weighted by molar-refractivity contribution is -0.684. The summed E-state index contributed by atoms with van der Waals surface area (Å²) in [6.45, 7) is 21.6. The SMILES string of the molecule is C/C=C(\C)C(C)=O.CC(=O)C[n+]1ccccc1.CC(=O)O.CC=O.CCC(C)=O.Cc1cc(C)c(C)c(C)n1.N.[CH3-].c1ccncc1.c1ccncc1.c1ccncc1. The van der Waals surface area contributed by atoms with Gasteiger partial charge in [-0.1, -0.05) is 37.3 Å². The van der Waals surface area contributed by atoms with E-state index in [2.05, 4.69) is 46.8 Å². The van der Waals surface area contributed by atoms with Crippen molar-refractivity contribution in [3.63, 3.8) is 0 Å². The molecule has 5 aromatic heterocycles. The van der Waals surface area contributed by atoms with E-state index in [0.717, 1.165) is 30.2 Å². The molecule has 4 N–H and O–H groups in total. The second-order valence-electron chi connectivity index (χ2n) is 11.5. The molecule has 12 nitrogen and oxygen atoms in total. The first-order chi connectivity index (χ1) is 27.0. The average Bonchev–Trinajstić information content (AvgIpc) is 3.20. The van der Waals surface area contributed by atoms with Crippen molar-refractivity contribution in [3.8, 4) is 0 Å². The molecule has 0 fully saturated rings. The van der Waals surface area contributed by atoms with Crippen molar-refractivity contribution in [2.45, 2.75) is 96.1 Å². The molecule has 59 heavy (non-hydrogen) atoms. The monoisotopic (exact) mass is 815 g/mol. The van der Waals surface area contributed by atoms with Gasteiger partial charge in [0.2, 0.25) is 6.54 Å². The fourth-order valence-corrected chi connectivity index (χ4v) is 3.03. The molecule has 324 valence electrons. The van der Waals surface area contributed by atoms with Crippen LogP contribution in [0.3, 0.4) is 0 Å². The molecular formula is C47H70N6O6. The van der Waals surface area contributed by atoms with Gasteiger partial charge < -0.3 is 28.3 Å².